The lowest BCUT2D eigenvalue weighted by Crippen LogP contribution is -3.00. The van der Waals surface area contributed by atoms with Crippen molar-refractivity contribution in [1.29, 1.82) is 0 Å². The van der Waals surface area contributed by atoms with Crippen molar-refractivity contribution in [3.8, 4) is 0 Å². The van der Waals surface area contributed by atoms with Crippen molar-refractivity contribution in [2.45, 2.75) is 105 Å². The van der Waals surface area contributed by atoms with Gasteiger partial charge in [-0.15, -0.1) is 0 Å². The molecule has 0 bridgehead atoms. The van der Waals surface area contributed by atoms with Crippen LogP contribution in [-0.2, 0) is 23.7 Å². The van der Waals surface area contributed by atoms with Crippen LogP contribution < -0.4 is 90.7 Å². The molecule has 0 radical (unpaired) electrons. The van der Waals surface area contributed by atoms with Crippen LogP contribution in [0, 0.1) is 0 Å². The fraction of sp³-hybridized carbons (Fsp3) is 1.00. The molecule has 2 heterocycles. The Morgan fingerprint density at radius 2 is 1.25 bits per heavy atom. The summed E-state index contributed by atoms with van der Waals surface area (Å²) < 4.78 is 29.4. The first kappa shape index (κ1) is 45.3. The van der Waals surface area contributed by atoms with Gasteiger partial charge in [0.15, 0.2) is 12.3 Å². The van der Waals surface area contributed by atoms with Gasteiger partial charge in [0, 0.05) is 0 Å². The zero-order valence-electron chi connectivity index (χ0n) is 22.2. The Bertz CT molecular complexity index is 690. The first-order valence-corrected chi connectivity index (χ1v) is 12.2. The molecule has 1 aliphatic carbocycles. The van der Waals surface area contributed by atoms with E-state index >= 15 is 0 Å². The van der Waals surface area contributed by atoms with Gasteiger partial charge in [0.1, 0.15) is 73.6 Å². The average Bonchev–Trinajstić information content (AvgIpc) is 2.82. The summed E-state index contributed by atoms with van der Waals surface area (Å²) in [5.41, 5.74) is 19.5. The molecule has 3 aliphatic rings. The molecule has 20 N–H and O–H groups in total. The number of quaternary nitrogens is 5. The Balaban J connectivity index is -0.00000274. The first-order chi connectivity index (χ1) is 16.5. The highest BCUT2D eigenvalue weighted by Crippen LogP contribution is 2.31. The van der Waals surface area contributed by atoms with Gasteiger partial charge in [0.2, 0.25) is 6.29 Å². The zero-order chi connectivity index (χ0) is 26.0. The van der Waals surface area contributed by atoms with Gasteiger partial charge in [-0.1, -0.05) is 0 Å². The lowest BCUT2D eigenvalue weighted by atomic mass is 9.84. The number of halogens is 5. The van der Waals surface area contributed by atoms with E-state index in [-0.39, 0.29) is 75.2 Å². The monoisotopic (exact) mass is 691 g/mol. The van der Waals surface area contributed by atoms with Crippen molar-refractivity contribution in [3.63, 3.8) is 0 Å². The number of ether oxygens (including phenoxy) is 5. The van der Waals surface area contributed by atoms with Gasteiger partial charge in [0.05, 0.1) is 25.7 Å². The van der Waals surface area contributed by atoms with Crippen molar-refractivity contribution in [2.24, 2.45) is 0 Å². The zero-order valence-corrected chi connectivity index (χ0v) is 26.0. The van der Waals surface area contributed by atoms with Gasteiger partial charge in [0.25, 0.3) is 0 Å². The first-order valence-electron chi connectivity index (χ1n) is 12.2. The molecule has 15 atom stereocenters. The van der Waals surface area contributed by atoms with Crippen molar-refractivity contribution >= 4 is 0 Å². The third-order valence-electron chi connectivity index (χ3n) is 7.14. The van der Waals surface area contributed by atoms with Crippen LogP contribution in [0.3, 0.4) is 0 Å². The smallest absolute Gasteiger partial charge is 0.214 e. The Labute approximate surface area is 264 Å². The fourth-order valence-corrected chi connectivity index (χ4v) is 4.93. The summed E-state index contributed by atoms with van der Waals surface area (Å²) in [6.07, 6.45) is -12.1. The molecule has 0 spiro atoms. The lowest BCUT2D eigenvalue weighted by Gasteiger charge is -2.46. The molecule has 3 fully saturated rings. The summed E-state index contributed by atoms with van der Waals surface area (Å²) in [5.74, 6) is 0. The normalized spacial score (nSPS) is 44.9. The molecule has 3 rings (SSSR count). The van der Waals surface area contributed by atoms with Crippen LogP contribution in [-0.4, -0.2) is 137 Å². The van der Waals surface area contributed by atoms with Gasteiger partial charge < -0.3 is 140 Å². The second kappa shape index (κ2) is 20.0. The third kappa shape index (κ3) is 9.93. The molecule has 0 unspecified atom stereocenters. The van der Waals surface area contributed by atoms with Crippen LogP contribution in [0.2, 0.25) is 0 Å². The summed E-state index contributed by atoms with van der Waals surface area (Å²) in [5, 5.41) is 52.9. The van der Waals surface area contributed by atoms with Gasteiger partial charge >= 0.3 is 0 Å². The van der Waals surface area contributed by atoms with E-state index in [1.54, 1.807) is 6.92 Å². The second-order valence-corrected chi connectivity index (χ2v) is 9.80. The molecule has 0 aromatic carbocycles. The number of aliphatic hydroxyl groups is 5. The Morgan fingerprint density at radius 3 is 1.80 bits per heavy atom. The highest BCUT2D eigenvalue weighted by atomic mass is 35.5. The lowest BCUT2D eigenvalue weighted by molar-refractivity contribution is -0.537. The second-order valence-electron chi connectivity index (χ2n) is 9.80. The molecule has 15 nitrogen and oxygen atoms in total. The van der Waals surface area contributed by atoms with Crippen molar-refractivity contribution < 1.29 is 140 Å². The summed E-state index contributed by atoms with van der Waals surface area (Å²) in [4.78, 5) is 0. The molecule has 2 saturated heterocycles. The largest absolute Gasteiger partial charge is 1.00 e. The maximum atomic E-state index is 11.0. The van der Waals surface area contributed by atoms with E-state index in [0.717, 1.165) is 0 Å². The summed E-state index contributed by atoms with van der Waals surface area (Å²) in [6, 6.07) is -1.67. The van der Waals surface area contributed by atoms with Gasteiger partial charge in [-0.2, -0.15) is 0 Å². The number of aliphatic hydroxyl groups excluding tert-OH is 5. The fourth-order valence-electron chi connectivity index (χ4n) is 4.93. The molecule has 0 amide bonds. The minimum atomic E-state index is -1.35. The molecule has 0 aromatic rings. The topological polar surface area (TPSA) is 285 Å². The Kier molecular flexibility index (Phi) is 22.6. The van der Waals surface area contributed by atoms with E-state index in [1.165, 1.54) is 0 Å². The predicted molar refractivity (Wildman–Crippen MR) is 113 cm³/mol. The van der Waals surface area contributed by atoms with Crippen LogP contribution >= 0.6 is 0 Å². The highest BCUT2D eigenvalue weighted by Gasteiger charge is 2.54. The van der Waals surface area contributed by atoms with Gasteiger partial charge in [-0.05, 0) is 6.92 Å². The minimum Gasteiger partial charge on any atom is -1.00 e. The average molecular weight is 694 g/mol. The van der Waals surface area contributed by atoms with E-state index in [9.17, 15) is 25.5 Å². The van der Waals surface area contributed by atoms with Gasteiger partial charge in [-0.3, -0.25) is 0 Å². The molecular formula is C20H46Cl5N5O10. The predicted octanol–water partition coefficient (Wildman–Crippen LogP) is -24.8. The minimum absolute atomic E-state index is 0. The van der Waals surface area contributed by atoms with E-state index in [2.05, 4.69) is 28.7 Å². The van der Waals surface area contributed by atoms with Crippen LogP contribution in [0.1, 0.15) is 13.3 Å². The quantitative estimate of drug-likeness (QED) is 0.115. The standard InChI is InChI=1S/C20H41N5O10.5ClH/c1-6-11(26)17(31-3-2-21)15(30)20(32-6)35-18-12(27)7(23)4-8(24)16(18)34-19-10(25)14(29)13(28)9(5-22)33-19;;;;;/h6-20,26-30H,2-5,21-25H2,1H3;5*1H/t6-,7-,8+,9-,10-,11-,12+,13-,14-,15-,16-,17+,18-,19-,20+;;;;;/m1...../s1. The molecule has 246 valence electrons. The Hall–Kier alpha value is 0.850. The molecular weight excluding hydrogens is 648 g/mol. The van der Waals surface area contributed by atoms with E-state index in [1.807, 2.05) is 0 Å². The summed E-state index contributed by atoms with van der Waals surface area (Å²) >= 11 is 0. The molecule has 40 heavy (non-hydrogen) atoms. The van der Waals surface area contributed by atoms with Crippen LogP contribution in [0.25, 0.3) is 0 Å². The SMILES string of the molecule is C[C@H]1O[C@@H](O[C@@H]2[C@@H](O)[C@H]([NH3+])C[C@H]([NH3+])[C@H]2O[C@H]2O[C@H](C[NH3+])[C@@H](O)[C@H](O)[C@H]2[NH3+])[C@H](O)[C@@H](OCC[NH3+])[C@@H]1O.[Cl-].[Cl-].[Cl-].[Cl-].[Cl-]. The summed E-state index contributed by atoms with van der Waals surface area (Å²) in [6.45, 7) is 2.50. The van der Waals surface area contributed by atoms with Crippen molar-refractivity contribution in [1.82, 2.24) is 0 Å². The van der Waals surface area contributed by atoms with Gasteiger partial charge in [-0.25, -0.2) is 0 Å². The molecule has 2 aliphatic heterocycles. The number of hydrogen-bond acceptors (Lipinski definition) is 10. The van der Waals surface area contributed by atoms with Crippen molar-refractivity contribution in [2.75, 3.05) is 19.7 Å². The molecule has 20 heteroatoms. The van der Waals surface area contributed by atoms with E-state index in [0.29, 0.717) is 13.0 Å². The maximum Gasteiger partial charge on any atom is 0.214 e. The van der Waals surface area contributed by atoms with Crippen LogP contribution in [0.5, 0.6) is 0 Å². The molecule has 0 aromatic heterocycles. The van der Waals surface area contributed by atoms with Crippen LogP contribution in [0.15, 0.2) is 0 Å². The highest BCUT2D eigenvalue weighted by molar-refractivity contribution is 4.97. The third-order valence-corrected chi connectivity index (χ3v) is 7.14. The maximum absolute atomic E-state index is 11.0. The van der Waals surface area contributed by atoms with E-state index in [4.69, 9.17) is 23.7 Å². The number of hydrogen-bond donors (Lipinski definition) is 10. The summed E-state index contributed by atoms with van der Waals surface area (Å²) in [7, 11) is 0. The molecule has 1 saturated carbocycles. The van der Waals surface area contributed by atoms with Crippen molar-refractivity contribution in [3.05, 3.63) is 0 Å². The van der Waals surface area contributed by atoms with Crippen LogP contribution in [0.4, 0.5) is 0 Å². The Morgan fingerprint density at radius 1 is 0.675 bits per heavy atom. The number of rotatable bonds is 8. The van der Waals surface area contributed by atoms with E-state index < -0.39 is 91.7 Å².